The van der Waals surface area contributed by atoms with Gasteiger partial charge in [0.15, 0.2) is 0 Å². The predicted molar refractivity (Wildman–Crippen MR) is 49.2 cm³/mol. The van der Waals surface area contributed by atoms with Gasteiger partial charge >= 0.3 is 0 Å². The maximum absolute atomic E-state index is 8.74. The molecule has 0 heterocycles. The first-order valence-electron chi connectivity index (χ1n) is 4.38. The zero-order chi connectivity index (χ0) is 8.91. The molecule has 1 unspecified atom stereocenters. The van der Waals surface area contributed by atoms with Crippen molar-refractivity contribution in [2.45, 2.75) is 40.5 Å². The molecule has 0 amide bonds. The topological polar surface area (TPSA) is 20.2 Å². The molecule has 67 valence electrons. The number of hydrogen-bond acceptors (Lipinski definition) is 1. The van der Waals surface area contributed by atoms with Crippen molar-refractivity contribution in [3.63, 3.8) is 0 Å². The number of aliphatic hydroxyl groups excluding tert-OH is 1. The van der Waals surface area contributed by atoms with Gasteiger partial charge in [0, 0.05) is 6.61 Å². The number of rotatable bonds is 4. The van der Waals surface area contributed by atoms with Crippen LogP contribution in [0.5, 0.6) is 0 Å². The van der Waals surface area contributed by atoms with Gasteiger partial charge in [-0.25, -0.2) is 0 Å². The second kappa shape index (κ2) is 4.76. The molecular weight excluding hydrogens is 136 g/mol. The molecule has 0 spiro atoms. The van der Waals surface area contributed by atoms with E-state index in [4.69, 9.17) is 5.11 Å². The highest BCUT2D eigenvalue weighted by Crippen LogP contribution is 2.22. The van der Waals surface area contributed by atoms with Crippen LogP contribution >= 0.6 is 0 Å². The fraction of sp³-hybridized carbons (Fsp3) is 0.900. The molecule has 0 saturated heterocycles. The van der Waals surface area contributed by atoms with E-state index in [1.807, 2.05) is 0 Å². The first-order valence-corrected chi connectivity index (χ1v) is 4.38. The second-order valence-corrected chi connectivity index (χ2v) is 4.58. The molecule has 0 aliphatic rings. The van der Waals surface area contributed by atoms with Gasteiger partial charge in [-0.05, 0) is 30.6 Å². The van der Waals surface area contributed by atoms with E-state index < -0.39 is 0 Å². The number of aliphatic hydroxyl groups is 1. The Balaban J connectivity index is 3.28. The molecule has 0 rings (SSSR count). The molecule has 0 aliphatic carbocycles. The van der Waals surface area contributed by atoms with Crippen LogP contribution in [0, 0.1) is 17.8 Å². The first kappa shape index (κ1) is 11.0. The Morgan fingerprint density at radius 1 is 1.36 bits per heavy atom. The molecule has 1 N–H and O–H groups in total. The maximum atomic E-state index is 8.74. The highest BCUT2D eigenvalue weighted by atomic mass is 16.3. The predicted octanol–water partition coefficient (Wildman–Crippen LogP) is 2.65. The Hall–Kier alpha value is -0.0400. The molecule has 1 nitrogen and oxygen atoms in total. The monoisotopic (exact) mass is 157 g/mol. The van der Waals surface area contributed by atoms with Gasteiger partial charge in [-0.1, -0.05) is 27.7 Å². The van der Waals surface area contributed by atoms with Crippen molar-refractivity contribution in [2.24, 2.45) is 11.3 Å². The Bertz CT molecular complexity index is 91.5. The van der Waals surface area contributed by atoms with Crippen LogP contribution in [0.15, 0.2) is 0 Å². The Morgan fingerprint density at radius 3 is 2.27 bits per heavy atom. The molecule has 0 saturated carbocycles. The van der Waals surface area contributed by atoms with Crippen LogP contribution in [0.2, 0.25) is 0 Å². The summed E-state index contributed by atoms with van der Waals surface area (Å²) in [5, 5.41) is 8.74. The van der Waals surface area contributed by atoms with E-state index >= 15 is 0 Å². The zero-order valence-electron chi connectivity index (χ0n) is 8.22. The summed E-state index contributed by atoms with van der Waals surface area (Å²) >= 11 is 0. The minimum atomic E-state index is 0.306. The van der Waals surface area contributed by atoms with Crippen LogP contribution in [0.4, 0.5) is 0 Å². The van der Waals surface area contributed by atoms with Crippen LogP contribution in [0.1, 0.15) is 40.5 Å². The molecule has 1 heteroatoms. The normalized spacial score (nSPS) is 15.0. The van der Waals surface area contributed by atoms with Crippen LogP contribution in [0.3, 0.4) is 0 Å². The molecule has 11 heavy (non-hydrogen) atoms. The highest BCUT2D eigenvalue weighted by Gasteiger charge is 2.10. The lowest BCUT2D eigenvalue weighted by atomic mass is 9.88. The molecule has 0 aromatic rings. The van der Waals surface area contributed by atoms with Crippen molar-refractivity contribution in [1.82, 2.24) is 0 Å². The summed E-state index contributed by atoms with van der Waals surface area (Å²) in [7, 11) is 0. The smallest absolute Gasteiger partial charge is 0.0456 e. The van der Waals surface area contributed by atoms with Crippen molar-refractivity contribution < 1.29 is 5.11 Å². The zero-order valence-corrected chi connectivity index (χ0v) is 8.22. The van der Waals surface area contributed by atoms with E-state index in [1.165, 1.54) is 0 Å². The Morgan fingerprint density at radius 2 is 1.91 bits per heavy atom. The minimum Gasteiger partial charge on any atom is -0.396 e. The van der Waals surface area contributed by atoms with Gasteiger partial charge in [-0.2, -0.15) is 0 Å². The van der Waals surface area contributed by atoms with E-state index in [1.54, 1.807) is 0 Å². The summed E-state index contributed by atoms with van der Waals surface area (Å²) in [5.74, 6) is 0.428. The van der Waals surface area contributed by atoms with Crippen molar-refractivity contribution in [2.75, 3.05) is 6.61 Å². The molecular formula is C10H21O. The molecule has 0 bridgehead atoms. The van der Waals surface area contributed by atoms with E-state index in [9.17, 15) is 0 Å². The average molecular weight is 157 g/mol. The quantitative estimate of drug-likeness (QED) is 0.665. The van der Waals surface area contributed by atoms with Gasteiger partial charge in [-0.3, -0.25) is 0 Å². The fourth-order valence-corrected chi connectivity index (χ4v) is 0.875. The Labute approximate surface area is 70.8 Å². The molecule has 1 atom stereocenters. The third-order valence-corrected chi connectivity index (χ3v) is 1.64. The van der Waals surface area contributed by atoms with E-state index in [0.29, 0.717) is 17.9 Å². The molecule has 0 fully saturated rings. The fourth-order valence-electron chi connectivity index (χ4n) is 0.875. The third kappa shape index (κ3) is 7.86. The first-order chi connectivity index (χ1) is 4.95. The summed E-state index contributed by atoms with van der Waals surface area (Å²) in [6, 6.07) is 0. The lowest BCUT2D eigenvalue weighted by molar-refractivity contribution is 0.233. The SMILES string of the molecule is CC(CO)C[CH]CC(C)(C)C. The van der Waals surface area contributed by atoms with Gasteiger partial charge in [0.05, 0.1) is 0 Å². The average Bonchev–Trinajstić information content (AvgIpc) is 1.85. The molecule has 0 aliphatic heterocycles. The van der Waals surface area contributed by atoms with Gasteiger partial charge in [0.1, 0.15) is 0 Å². The van der Waals surface area contributed by atoms with E-state index in [0.717, 1.165) is 12.8 Å². The largest absolute Gasteiger partial charge is 0.396 e. The van der Waals surface area contributed by atoms with E-state index in [-0.39, 0.29) is 0 Å². The van der Waals surface area contributed by atoms with Crippen molar-refractivity contribution >= 4 is 0 Å². The lowest BCUT2D eigenvalue weighted by Crippen LogP contribution is -2.07. The summed E-state index contributed by atoms with van der Waals surface area (Å²) in [5.41, 5.74) is 0.398. The molecule has 0 aromatic heterocycles. The minimum absolute atomic E-state index is 0.306. The standard InChI is InChI=1S/C10H21O/c1-9(8-11)6-5-7-10(2,3)4/h5,9,11H,6-8H2,1-4H3. The number of hydrogen-bond donors (Lipinski definition) is 1. The van der Waals surface area contributed by atoms with Crippen LogP contribution < -0.4 is 0 Å². The van der Waals surface area contributed by atoms with Gasteiger partial charge < -0.3 is 5.11 Å². The van der Waals surface area contributed by atoms with Crippen LogP contribution in [-0.2, 0) is 0 Å². The van der Waals surface area contributed by atoms with Gasteiger partial charge in [0.2, 0.25) is 0 Å². The summed E-state index contributed by atoms with van der Waals surface area (Å²) in [4.78, 5) is 0. The van der Waals surface area contributed by atoms with Crippen molar-refractivity contribution in [3.8, 4) is 0 Å². The third-order valence-electron chi connectivity index (χ3n) is 1.64. The van der Waals surface area contributed by atoms with Gasteiger partial charge in [0.25, 0.3) is 0 Å². The van der Waals surface area contributed by atoms with Gasteiger partial charge in [-0.15, -0.1) is 0 Å². The van der Waals surface area contributed by atoms with Crippen molar-refractivity contribution in [3.05, 3.63) is 6.42 Å². The molecule has 1 radical (unpaired) electrons. The Kier molecular flexibility index (Phi) is 4.74. The molecule has 0 aromatic carbocycles. The summed E-state index contributed by atoms with van der Waals surface area (Å²) < 4.78 is 0. The maximum Gasteiger partial charge on any atom is 0.0456 e. The highest BCUT2D eigenvalue weighted by molar-refractivity contribution is 4.75. The van der Waals surface area contributed by atoms with Crippen LogP contribution in [-0.4, -0.2) is 11.7 Å². The summed E-state index contributed by atoms with van der Waals surface area (Å²) in [6.45, 7) is 9.06. The van der Waals surface area contributed by atoms with Crippen molar-refractivity contribution in [1.29, 1.82) is 0 Å². The lowest BCUT2D eigenvalue weighted by Gasteiger charge is -2.18. The van der Waals surface area contributed by atoms with E-state index in [2.05, 4.69) is 34.1 Å². The summed E-state index contributed by atoms with van der Waals surface area (Å²) in [6.07, 6.45) is 4.45. The second-order valence-electron chi connectivity index (χ2n) is 4.58. The van der Waals surface area contributed by atoms with Crippen LogP contribution in [0.25, 0.3) is 0 Å².